The summed E-state index contributed by atoms with van der Waals surface area (Å²) in [6.07, 6.45) is 79.0. The van der Waals surface area contributed by atoms with Crippen molar-refractivity contribution in [3.63, 3.8) is 0 Å². The number of nitrogens with one attached hydrogen (secondary N) is 1. The van der Waals surface area contributed by atoms with Gasteiger partial charge in [0.15, 0.2) is 0 Å². The molecule has 0 aliphatic heterocycles. The van der Waals surface area contributed by atoms with Crippen LogP contribution in [0.5, 0.6) is 0 Å². The van der Waals surface area contributed by atoms with Gasteiger partial charge >= 0.3 is 0 Å². The molecule has 0 aromatic heterocycles. The molecule has 3 unspecified atom stereocenters. The fourth-order valence-electron chi connectivity index (χ4n) is 9.63. The molecule has 0 bridgehead atoms. The Hall–Kier alpha value is -1.69. The number of aliphatic hydroxyl groups excluding tert-OH is 3. The van der Waals surface area contributed by atoms with E-state index in [4.69, 9.17) is 0 Å². The molecule has 69 heavy (non-hydrogen) atoms. The lowest BCUT2D eigenvalue weighted by Crippen LogP contribution is -2.45. The summed E-state index contributed by atoms with van der Waals surface area (Å²) in [5.74, 6) is -0.321. The van der Waals surface area contributed by atoms with E-state index >= 15 is 0 Å². The molecule has 0 rings (SSSR count). The summed E-state index contributed by atoms with van der Waals surface area (Å²) >= 11 is 0. The smallest absolute Gasteiger partial charge is 0.222 e. The third-order valence-corrected chi connectivity index (χ3v) is 14.3. The fourth-order valence-corrected chi connectivity index (χ4v) is 9.63. The normalized spacial score (nSPS) is 13.5. The quantitative estimate of drug-likeness (QED) is 0.0361. The minimum atomic E-state index is -0.954. The lowest BCUT2D eigenvalue weighted by molar-refractivity contribution is -0.124. The zero-order chi connectivity index (χ0) is 50.0. The minimum Gasteiger partial charge on any atom is -0.394 e. The Morgan fingerprint density at radius 3 is 1.01 bits per heavy atom. The van der Waals surface area contributed by atoms with Crippen molar-refractivity contribution in [3.05, 3.63) is 48.6 Å². The highest BCUT2D eigenvalue weighted by Crippen LogP contribution is 2.17. The SMILES string of the molecule is CCCCCCCCCCC/C=C\C/C=C\CCCCCCCCCCCCCCCCCC(O)CC(=O)NC(CO)C(O)/C=C/CC/C=C/CCCCCCCCCCCCCCCCCCC. The maximum Gasteiger partial charge on any atom is 0.222 e. The van der Waals surface area contributed by atoms with Crippen molar-refractivity contribution in [1.82, 2.24) is 5.32 Å². The molecule has 0 aliphatic rings. The van der Waals surface area contributed by atoms with Crippen LogP contribution >= 0.6 is 0 Å². The first kappa shape index (κ1) is 67.3. The lowest BCUT2D eigenvalue weighted by Gasteiger charge is -2.21. The van der Waals surface area contributed by atoms with Crippen molar-refractivity contribution < 1.29 is 20.1 Å². The van der Waals surface area contributed by atoms with Crippen molar-refractivity contribution in [2.24, 2.45) is 0 Å². The van der Waals surface area contributed by atoms with Crippen LogP contribution in [0.25, 0.3) is 0 Å². The summed E-state index contributed by atoms with van der Waals surface area (Å²) in [6, 6.07) is -0.763. The number of hydrogen-bond donors (Lipinski definition) is 4. The molecule has 0 aromatic carbocycles. The van der Waals surface area contributed by atoms with Crippen molar-refractivity contribution in [2.45, 2.75) is 347 Å². The van der Waals surface area contributed by atoms with Crippen molar-refractivity contribution in [3.8, 4) is 0 Å². The molecule has 0 heterocycles. The van der Waals surface area contributed by atoms with Gasteiger partial charge in [0.05, 0.1) is 31.3 Å². The van der Waals surface area contributed by atoms with Crippen LogP contribution in [0.4, 0.5) is 0 Å². The summed E-state index contributed by atoms with van der Waals surface area (Å²) in [6.45, 7) is 4.24. The predicted molar refractivity (Wildman–Crippen MR) is 305 cm³/mol. The van der Waals surface area contributed by atoms with E-state index < -0.39 is 18.2 Å². The van der Waals surface area contributed by atoms with Gasteiger partial charge in [0.1, 0.15) is 0 Å². The van der Waals surface area contributed by atoms with E-state index in [1.807, 2.05) is 6.08 Å². The molecule has 0 fully saturated rings. The van der Waals surface area contributed by atoms with Crippen LogP contribution in [-0.2, 0) is 4.79 Å². The van der Waals surface area contributed by atoms with E-state index in [-0.39, 0.29) is 18.9 Å². The fraction of sp³-hybridized carbons (Fsp3) is 0.859. The second-order valence-corrected chi connectivity index (χ2v) is 21.3. The van der Waals surface area contributed by atoms with Crippen LogP contribution in [0.2, 0.25) is 0 Å². The highest BCUT2D eigenvalue weighted by Gasteiger charge is 2.20. The Balaban J connectivity index is 3.57. The molecular formula is C64H121NO4. The van der Waals surface area contributed by atoms with E-state index in [1.165, 1.54) is 263 Å². The average Bonchev–Trinajstić information content (AvgIpc) is 3.35. The molecule has 0 aromatic rings. The number of hydrogen-bond acceptors (Lipinski definition) is 4. The maximum absolute atomic E-state index is 12.5. The molecule has 5 heteroatoms. The lowest BCUT2D eigenvalue weighted by atomic mass is 10.0. The number of unbranched alkanes of at least 4 members (excludes halogenated alkanes) is 42. The van der Waals surface area contributed by atoms with Gasteiger partial charge in [-0.15, -0.1) is 0 Å². The second-order valence-electron chi connectivity index (χ2n) is 21.3. The molecule has 0 aliphatic carbocycles. The molecule has 406 valence electrons. The third-order valence-electron chi connectivity index (χ3n) is 14.3. The maximum atomic E-state index is 12.5. The van der Waals surface area contributed by atoms with Crippen LogP contribution in [-0.4, -0.2) is 46.1 Å². The molecular weight excluding hydrogens is 847 g/mol. The molecule has 1 amide bonds. The Morgan fingerprint density at radius 2 is 0.667 bits per heavy atom. The van der Waals surface area contributed by atoms with Gasteiger partial charge in [-0.3, -0.25) is 4.79 Å². The largest absolute Gasteiger partial charge is 0.394 e. The van der Waals surface area contributed by atoms with Gasteiger partial charge in [0.25, 0.3) is 0 Å². The van der Waals surface area contributed by atoms with Crippen LogP contribution in [0.15, 0.2) is 48.6 Å². The molecule has 0 saturated carbocycles. The number of carbonyl (C=O) groups excluding carboxylic acids is 1. The highest BCUT2D eigenvalue weighted by atomic mass is 16.3. The third kappa shape index (κ3) is 55.5. The first-order chi connectivity index (χ1) is 34.0. The van der Waals surface area contributed by atoms with Gasteiger partial charge in [-0.05, 0) is 64.2 Å². The highest BCUT2D eigenvalue weighted by molar-refractivity contribution is 5.76. The number of aliphatic hydroxyl groups is 3. The van der Waals surface area contributed by atoms with Gasteiger partial charge in [0, 0.05) is 0 Å². The monoisotopic (exact) mass is 968 g/mol. The van der Waals surface area contributed by atoms with Crippen LogP contribution in [0.3, 0.4) is 0 Å². The van der Waals surface area contributed by atoms with Crippen LogP contribution < -0.4 is 5.32 Å². The van der Waals surface area contributed by atoms with Gasteiger partial charge in [-0.1, -0.05) is 306 Å². The zero-order valence-corrected chi connectivity index (χ0v) is 46.5. The minimum absolute atomic E-state index is 0.00648. The zero-order valence-electron chi connectivity index (χ0n) is 46.5. The first-order valence-electron chi connectivity index (χ1n) is 30.9. The van der Waals surface area contributed by atoms with Gasteiger partial charge in [0.2, 0.25) is 5.91 Å². The van der Waals surface area contributed by atoms with E-state index in [0.29, 0.717) is 6.42 Å². The standard InChI is InChI=1S/C64H121NO4/c1-3-5-7-9-11-13-15-17-19-21-23-25-27-28-29-30-31-32-33-34-36-37-39-41-43-45-47-49-51-53-55-57-61(67)59-64(69)65-62(60-66)63(68)58-56-54-52-50-48-46-44-42-40-38-35-26-24-22-20-18-16-14-12-10-8-6-4-2/h23,25,28-29,48,50,56,58,61-63,66-68H,3-22,24,26-27,30-47,49,51-55,57,59-60H2,1-2H3,(H,65,69)/b25-23-,29-28-,50-48+,58-56+. The predicted octanol–water partition coefficient (Wildman–Crippen LogP) is 19.6. The molecule has 4 N–H and O–H groups in total. The Morgan fingerprint density at radius 1 is 0.377 bits per heavy atom. The van der Waals surface area contributed by atoms with E-state index in [0.717, 1.165) is 38.5 Å². The number of amides is 1. The van der Waals surface area contributed by atoms with Gasteiger partial charge in [-0.25, -0.2) is 0 Å². The summed E-state index contributed by atoms with van der Waals surface area (Å²) in [4.78, 5) is 12.5. The Kier molecular flexibility index (Phi) is 57.4. The topological polar surface area (TPSA) is 89.8 Å². The molecule has 0 spiro atoms. The Labute approximate surface area is 431 Å². The molecule has 5 nitrogen and oxygen atoms in total. The molecule has 0 saturated heterocycles. The molecule has 0 radical (unpaired) electrons. The Bertz CT molecular complexity index is 1110. The van der Waals surface area contributed by atoms with Crippen molar-refractivity contribution in [1.29, 1.82) is 0 Å². The summed E-state index contributed by atoms with van der Waals surface area (Å²) in [7, 11) is 0. The van der Waals surface area contributed by atoms with Crippen LogP contribution in [0, 0.1) is 0 Å². The summed E-state index contributed by atoms with van der Waals surface area (Å²) in [5, 5.41) is 33.5. The molecule has 3 atom stereocenters. The van der Waals surface area contributed by atoms with Crippen LogP contribution in [0.1, 0.15) is 328 Å². The van der Waals surface area contributed by atoms with Crippen molar-refractivity contribution in [2.75, 3.05) is 6.61 Å². The second kappa shape index (κ2) is 58.9. The van der Waals surface area contributed by atoms with Gasteiger partial charge in [-0.2, -0.15) is 0 Å². The van der Waals surface area contributed by atoms with Gasteiger partial charge < -0.3 is 20.6 Å². The summed E-state index contributed by atoms with van der Waals surface area (Å²) < 4.78 is 0. The van der Waals surface area contributed by atoms with Crippen molar-refractivity contribution >= 4 is 5.91 Å². The summed E-state index contributed by atoms with van der Waals surface area (Å²) in [5.41, 5.74) is 0. The number of carbonyl (C=O) groups is 1. The van der Waals surface area contributed by atoms with E-state index in [9.17, 15) is 20.1 Å². The number of rotatable bonds is 57. The number of allylic oxidation sites excluding steroid dienone is 7. The first-order valence-corrected chi connectivity index (χ1v) is 30.9. The van der Waals surface area contributed by atoms with E-state index in [2.05, 4.69) is 55.6 Å². The van der Waals surface area contributed by atoms with E-state index in [1.54, 1.807) is 6.08 Å². The average molecular weight is 969 g/mol.